The van der Waals surface area contributed by atoms with E-state index in [9.17, 15) is 0 Å². The van der Waals surface area contributed by atoms with Crippen LogP contribution in [0.3, 0.4) is 0 Å². The monoisotopic (exact) mass is 324 g/mol. The van der Waals surface area contributed by atoms with E-state index in [-0.39, 0.29) is 0 Å². The van der Waals surface area contributed by atoms with Crippen molar-refractivity contribution in [1.29, 1.82) is 0 Å². The molecule has 132 valence electrons. The molecule has 5 heteroatoms. The van der Waals surface area contributed by atoms with Gasteiger partial charge in [0.15, 0.2) is 0 Å². The molecule has 1 aromatic rings. The maximum absolute atomic E-state index is 6.10. The predicted octanol–water partition coefficient (Wildman–Crippen LogP) is 2.58. The topological polar surface area (TPSA) is 57.0 Å². The fourth-order valence-electron chi connectivity index (χ4n) is 2.51. The molecule has 0 aliphatic rings. The molecule has 0 saturated carbocycles. The summed E-state index contributed by atoms with van der Waals surface area (Å²) in [5, 5.41) is 0. The van der Waals surface area contributed by atoms with E-state index in [1.54, 1.807) is 14.2 Å². The minimum atomic E-state index is 0.391. The van der Waals surface area contributed by atoms with Crippen LogP contribution in [0.1, 0.15) is 25.8 Å². The smallest absolute Gasteiger partial charge is 0.142 e. The van der Waals surface area contributed by atoms with Crippen molar-refractivity contribution in [3.8, 4) is 5.75 Å². The van der Waals surface area contributed by atoms with Gasteiger partial charge in [-0.15, -0.1) is 0 Å². The van der Waals surface area contributed by atoms with Gasteiger partial charge < -0.3 is 19.9 Å². The molecule has 2 N–H and O–H groups in total. The van der Waals surface area contributed by atoms with Gasteiger partial charge in [0, 0.05) is 33.4 Å². The quantitative estimate of drug-likeness (QED) is 0.599. The molecule has 1 atom stereocenters. The molecule has 1 rings (SSSR count). The number of hydrogen-bond donors (Lipinski definition) is 1. The number of nitrogens with zero attached hydrogens (tertiary/aromatic N) is 1. The summed E-state index contributed by atoms with van der Waals surface area (Å²) in [6.07, 6.45) is 1.91. The summed E-state index contributed by atoms with van der Waals surface area (Å²) >= 11 is 0. The van der Waals surface area contributed by atoms with E-state index in [2.05, 4.69) is 24.8 Å². The fourth-order valence-corrected chi connectivity index (χ4v) is 2.51. The Morgan fingerprint density at radius 3 is 2.26 bits per heavy atom. The number of nitrogen functional groups attached to an aromatic ring is 1. The molecule has 0 radical (unpaired) electrons. The first-order valence-corrected chi connectivity index (χ1v) is 8.35. The molecule has 23 heavy (non-hydrogen) atoms. The van der Waals surface area contributed by atoms with Crippen molar-refractivity contribution < 1.29 is 14.2 Å². The Balaban J connectivity index is 2.65. The van der Waals surface area contributed by atoms with Crippen LogP contribution in [-0.2, 0) is 15.9 Å². The van der Waals surface area contributed by atoms with Crippen LogP contribution in [0.4, 0.5) is 5.69 Å². The van der Waals surface area contributed by atoms with Gasteiger partial charge in [-0.25, -0.2) is 0 Å². The zero-order chi connectivity index (χ0) is 17.1. The van der Waals surface area contributed by atoms with E-state index < -0.39 is 0 Å². The highest BCUT2D eigenvalue weighted by atomic mass is 16.5. The highest BCUT2D eigenvalue weighted by molar-refractivity contribution is 5.54. The molecular weight excluding hydrogens is 292 g/mol. The summed E-state index contributed by atoms with van der Waals surface area (Å²) < 4.78 is 16.0. The van der Waals surface area contributed by atoms with E-state index in [0.717, 1.165) is 44.9 Å². The molecule has 0 aliphatic heterocycles. The summed E-state index contributed by atoms with van der Waals surface area (Å²) in [4.78, 5) is 2.38. The van der Waals surface area contributed by atoms with E-state index in [0.29, 0.717) is 18.3 Å². The van der Waals surface area contributed by atoms with Crippen LogP contribution in [0.2, 0.25) is 0 Å². The van der Waals surface area contributed by atoms with Crippen molar-refractivity contribution in [2.75, 3.05) is 52.9 Å². The minimum Gasteiger partial charge on any atom is -0.491 e. The van der Waals surface area contributed by atoms with Crippen LogP contribution in [0.25, 0.3) is 0 Å². The van der Waals surface area contributed by atoms with E-state index in [4.69, 9.17) is 19.9 Å². The first-order chi connectivity index (χ1) is 11.1. The third-order valence-corrected chi connectivity index (χ3v) is 3.86. The summed E-state index contributed by atoms with van der Waals surface area (Å²) in [6.45, 7) is 8.24. The van der Waals surface area contributed by atoms with Gasteiger partial charge in [0.25, 0.3) is 0 Å². The summed E-state index contributed by atoms with van der Waals surface area (Å²) in [5.41, 5.74) is 8.03. The second kappa shape index (κ2) is 11.3. The van der Waals surface area contributed by atoms with Gasteiger partial charge in [-0.05, 0) is 37.5 Å². The van der Waals surface area contributed by atoms with Crippen LogP contribution in [0, 0.1) is 0 Å². The van der Waals surface area contributed by atoms with Crippen LogP contribution in [-0.4, -0.2) is 58.1 Å². The minimum absolute atomic E-state index is 0.391. The summed E-state index contributed by atoms with van der Waals surface area (Å²) in [7, 11) is 3.46. The molecule has 0 amide bonds. The summed E-state index contributed by atoms with van der Waals surface area (Å²) in [5.74, 6) is 0.777. The lowest BCUT2D eigenvalue weighted by molar-refractivity contribution is 0.0919. The highest BCUT2D eigenvalue weighted by Gasteiger charge is 2.14. The van der Waals surface area contributed by atoms with Crippen LogP contribution >= 0.6 is 0 Å². The molecule has 1 aromatic carbocycles. The van der Waals surface area contributed by atoms with Gasteiger partial charge in [0.2, 0.25) is 0 Å². The lowest BCUT2D eigenvalue weighted by atomic mass is 10.0. The number of benzene rings is 1. The number of methoxy groups -OCH3 is 2. The van der Waals surface area contributed by atoms with Crippen LogP contribution in [0.15, 0.2) is 18.2 Å². The van der Waals surface area contributed by atoms with Crippen molar-refractivity contribution in [3.05, 3.63) is 23.8 Å². The Morgan fingerprint density at radius 2 is 1.74 bits per heavy atom. The molecule has 5 nitrogen and oxygen atoms in total. The van der Waals surface area contributed by atoms with Crippen LogP contribution in [0.5, 0.6) is 5.75 Å². The van der Waals surface area contributed by atoms with Gasteiger partial charge in [0.05, 0.1) is 25.5 Å². The van der Waals surface area contributed by atoms with Gasteiger partial charge in [-0.1, -0.05) is 13.0 Å². The maximum atomic E-state index is 6.10. The van der Waals surface area contributed by atoms with Gasteiger partial charge in [0.1, 0.15) is 5.75 Å². The molecule has 0 bridgehead atoms. The highest BCUT2D eigenvalue weighted by Crippen LogP contribution is 2.24. The zero-order valence-electron chi connectivity index (χ0n) is 15.0. The van der Waals surface area contributed by atoms with Crippen molar-refractivity contribution in [3.63, 3.8) is 0 Å². The molecule has 0 heterocycles. The largest absolute Gasteiger partial charge is 0.491 e. The third-order valence-electron chi connectivity index (χ3n) is 3.86. The SMILES string of the molecule is CCCOc1ccc(CC(C)N(CCOC)CCOC)cc1N. The first kappa shape index (κ1) is 19.7. The molecule has 1 unspecified atom stereocenters. The molecular formula is C18H32N2O3. The number of rotatable bonds is 12. The number of anilines is 1. The molecule has 0 spiro atoms. The number of hydrogen-bond acceptors (Lipinski definition) is 5. The van der Waals surface area contributed by atoms with Crippen molar-refractivity contribution in [2.24, 2.45) is 0 Å². The lowest BCUT2D eigenvalue weighted by Gasteiger charge is -2.29. The number of ether oxygens (including phenoxy) is 3. The van der Waals surface area contributed by atoms with Crippen LogP contribution < -0.4 is 10.5 Å². The first-order valence-electron chi connectivity index (χ1n) is 8.35. The molecule has 0 saturated heterocycles. The Morgan fingerprint density at radius 1 is 1.09 bits per heavy atom. The van der Waals surface area contributed by atoms with Gasteiger partial charge in [-0.2, -0.15) is 0 Å². The normalized spacial score (nSPS) is 12.6. The number of nitrogens with two attached hydrogens (primary N) is 1. The van der Waals surface area contributed by atoms with E-state index >= 15 is 0 Å². The average Bonchev–Trinajstić information content (AvgIpc) is 2.54. The Labute approximate surface area is 140 Å². The maximum Gasteiger partial charge on any atom is 0.142 e. The van der Waals surface area contributed by atoms with E-state index in [1.165, 1.54) is 5.56 Å². The second-order valence-electron chi connectivity index (χ2n) is 5.80. The Bertz CT molecular complexity index is 432. The van der Waals surface area contributed by atoms with Gasteiger partial charge in [-0.3, -0.25) is 4.90 Å². The Hall–Kier alpha value is -1.30. The lowest BCUT2D eigenvalue weighted by Crippen LogP contribution is -2.39. The molecule has 0 aliphatic carbocycles. The Kier molecular flexibility index (Phi) is 9.67. The third kappa shape index (κ3) is 7.20. The van der Waals surface area contributed by atoms with Gasteiger partial charge >= 0.3 is 0 Å². The fraction of sp³-hybridized carbons (Fsp3) is 0.667. The molecule has 0 aromatic heterocycles. The standard InChI is InChI=1S/C18H32N2O3/c1-5-10-23-18-7-6-16(14-17(18)19)13-15(2)20(8-11-21-3)9-12-22-4/h6-7,14-15H,5,8-13,19H2,1-4H3. The average molecular weight is 324 g/mol. The van der Waals surface area contributed by atoms with Crippen molar-refractivity contribution in [2.45, 2.75) is 32.7 Å². The van der Waals surface area contributed by atoms with Crippen molar-refractivity contribution in [1.82, 2.24) is 4.90 Å². The zero-order valence-corrected chi connectivity index (χ0v) is 15.0. The molecule has 0 fully saturated rings. The van der Waals surface area contributed by atoms with Crippen molar-refractivity contribution >= 4 is 5.69 Å². The van der Waals surface area contributed by atoms with E-state index in [1.807, 2.05) is 12.1 Å². The predicted molar refractivity (Wildman–Crippen MR) is 95.1 cm³/mol. The second-order valence-corrected chi connectivity index (χ2v) is 5.80. The summed E-state index contributed by atoms with van der Waals surface area (Å²) in [6, 6.07) is 6.48.